The molecule has 3 rings (SSSR count). The van der Waals surface area contributed by atoms with Crippen molar-refractivity contribution in [3.63, 3.8) is 0 Å². The summed E-state index contributed by atoms with van der Waals surface area (Å²) >= 11 is 0. The van der Waals surface area contributed by atoms with Crippen molar-refractivity contribution >= 4 is 0 Å². The second-order valence-electron chi connectivity index (χ2n) is 5.35. The van der Waals surface area contributed by atoms with E-state index in [1.807, 2.05) is 18.2 Å². The van der Waals surface area contributed by atoms with Crippen LogP contribution in [0.15, 0.2) is 18.2 Å². The zero-order valence-electron chi connectivity index (χ0n) is 11.5. The first kappa shape index (κ1) is 13.7. The average Bonchev–Trinajstić information content (AvgIpc) is 3.13. The molecule has 5 nitrogen and oxygen atoms in total. The summed E-state index contributed by atoms with van der Waals surface area (Å²) in [5.74, 6) is 2.13. The number of hydrogen-bond donors (Lipinski definition) is 2. The first-order chi connectivity index (χ1) is 9.83. The SMILES string of the molecule is OC(CNCCC1CCOC1)c1ccc2c(c1)OCO2. The molecule has 1 saturated heterocycles. The molecule has 20 heavy (non-hydrogen) atoms. The van der Waals surface area contributed by atoms with Gasteiger partial charge in [-0.1, -0.05) is 6.07 Å². The maximum atomic E-state index is 10.2. The summed E-state index contributed by atoms with van der Waals surface area (Å²) in [4.78, 5) is 0. The molecule has 2 N–H and O–H groups in total. The number of ether oxygens (including phenoxy) is 3. The highest BCUT2D eigenvalue weighted by molar-refractivity contribution is 5.45. The van der Waals surface area contributed by atoms with Crippen LogP contribution in [0.5, 0.6) is 11.5 Å². The standard InChI is InChI=1S/C15H21NO4/c17-13(8-16-5-3-11-4-6-18-9-11)12-1-2-14-15(7-12)20-10-19-14/h1-2,7,11,13,16-17H,3-6,8-10H2. The summed E-state index contributed by atoms with van der Waals surface area (Å²) in [5, 5.41) is 13.5. The second-order valence-corrected chi connectivity index (χ2v) is 5.35. The van der Waals surface area contributed by atoms with Crippen LogP contribution in [0, 0.1) is 5.92 Å². The van der Waals surface area contributed by atoms with Gasteiger partial charge in [0, 0.05) is 19.8 Å². The zero-order chi connectivity index (χ0) is 13.8. The largest absolute Gasteiger partial charge is 0.454 e. The molecule has 2 aliphatic heterocycles. The molecule has 0 bridgehead atoms. The molecule has 2 heterocycles. The predicted molar refractivity (Wildman–Crippen MR) is 73.9 cm³/mol. The van der Waals surface area contributed by atoms with E-state index in [9.17, 15) is 5.11 Å². The van der Waals surface area contributed by atoms with E-state index in [1.54, 1.807) is 0 Å². The minimum Gasteiger partial charge on any atom is -0.454 e. The van der Waals surface area contributed by atoms with Crippen LogP contribution in [0.4, 0.5) is 0 Å². The summed E-state index contributed by atoms with van der Waals surface area (Å²) in [6.45, 7) is 3.50. The summed E-state index contributed by atoms with van der Waals surface area (Å²) in [6.07, 6.45) is 1.74. The molecule has 110 valence electrons. The number of aliphatic hydroxyl groups is 1. The Morgan fingerprint density at radius 1 is 1.30 bits per heavy atom. The number of aliphatic hydroxyl groups excluding tert-OH is 1. The Bertz CT molecular complexity index is 445. The van der Waals surface area contributed by atoms with Crippen LogP contribution in [0.3, 0.4) is 0 Å². The van der Waals surface area contributed by atoms with Gasteiger partial charge in [0.2, 0.25) is 6.79 Å². The molecule has 1 aromatic rings. The third-order valence-corrected chi connectivity index (χ3v) is 3.87. The van der Waals surface area contributed by atoms with E-state index in [0.717, 1.165) is 43.9 Å². The van der Waals surface area contributed by atoms with E-state index < -0.39 is 6.10 Å². The van der Waals surface area contributed by atoms with Crippen LogP contribution in [0.1, 0.15) is 24.5 Å². The maximum Gasteiger partial charge on any atom is 0.231 e. The van der Waals surface area contributed by atoms with Gasteiger partial charge < -0.3 is 24.6 Å². The van der Waals surface area contributed by atoms with Crippen molar-refractivity contribution in [1.82, 2.24) is 5.32 Å². The molecule has 2 aliphatic rings. The van der Waals surface area contributed by atoms with Gasteiger partial charge in [0.25, 0.3) is 0 Å². The molecule has 2 unspecified atom stereocenters. The van der Waals surface area contributed by atoms with Gasteiger partial charge in [0.05, 0.1) is 6.10 Å². The van der Waals surface area contributed by atoms with Gasteiger partial charge in [0.1, 0.15) is 0 Å². The van der Waals surface area contributed by atoms with Gasteiger partial charge in [-0.25, -0.2) is 0 Å². The summed E-state index contributed by atoms with van der Waals surface area (Å²) in [6, 6.07) is 5.57. The van der Waals surface area contributed by atoms with Crippen molar-refractivity contribution in [2.24, 2.45) is 5.92 Å². The number of fused-ring (bicyclic) bond motifs is 1. The Morgan fingerprint density at radius 2 is 2.20 bits per heavy atom. The fourth-order valence-corrected chi connectivity index (χ4v) is 2.59. The van der Waals surface area contributed by atoms with Crippen LogP contribution in [-0.4, -0.2) is 38.2 Å². The Kier molecular flexibility index (Phi) is 4.40. The lowest BCUT2D eigenvalue weighted by molar-refractivity contribution is 0.168. The van der Waals surface area contributed by atoms with Crippen LogP contribution in [0.2, 0.25) is 0 Å². The minimum atomic E-state index is -0.524. The zero-order valence-corrected chi connectivity index (χ0v) is 11.5. The van der Waals surface area contributed by atoms with E-state index in [-0.39, 0.29) is 6.79 Å². The van der Waals surface area contributed by atoms with Crippen molar-refractivity contribution in [2.45, 2.75) is 18.9 Å². The molecule has 0 aliphatic carbocycles. The highest BCUT2D eigenvalue weighted by Crippen LogP contribution is 2.34. The normalized spacial score (nSPS) is 22.1. The molecule has 0 amide bonds. The molecule has 5 heteroatoms. The van der Waals surface area contributed by atoms with Crippen LogP contribution in [-0.2, 0) is 4.74 Å². The number of hydrogen-bond acceptors (Lipinski definition) is 5. The monoisotopic (exact) mass is 279 g/mol. The van der Waals surface area contributed by atoms with Crippen LogP contribution < -0.4 is 14.8 Å². The molecule has 2 atom stereocenters. The highest BCUT2D eigenvalue weighted by atomic mass is 16.7. The third kappa shape index (κ3) is 3.23. The fraction of sp³-hybridized carbons (Fsp3) is 0.600. The molecule has 0 saturated carbocycles. The van der Waals surface area contributed by atoms with E-state index in [0.29, 0.717) is 18.2 Å². The fourth-order valence-electron chi connectivity index (χ4n) is 2.59. The molecule has 0 radical (unpaired) electrons. The van der Waals surface area contributed by atoms with E-state index in [2.05, 4.69) is 5.32 Å². The Hall–Kier alpha value is -1.30. The highest BCUT2D eigenvalue weighted by Gasteiger charge is 2.17. The lowest BCUT2D eigenvalue weighted by Crippen LogP contribution is -2.24. The molecule has 0 spiro atoms. The van der Waals surface area contributed by atoms with Crippen molar-refractivity contribution in [2.75, 3.05) is 33.1 Å². The first-order valence-electron chi connectivity index (χ1n) is 7.19. The quantitative estimate of drug-likeness (QED) is 0.772. The molecule has 0 aromatic heterocycles. The van der Waals surface area contributed by atoms with Crippen LogP contribution in [0.25, 0.3) is 0 Å². The van der Waals surface area contributed by atoms with E-state index >= 15 is 0 Å². The van der Waals surface area contributed by atoms with Gasteiger partial charge in [-0.2, -0.15) is 0 Å². The lowest BCUT2D eigenvalue weighted by Gasteiger charge is -2.14. The lowest BCUT2D eigenvalue weighted by atomic mass is 10.1. The van der Waals surface area contributed by atoms with Gasteiger partial charge in [-0.3, -0.25) is 0 Å². The summed E-state index contributed by atoms with van der Waals surface area (Å²) in [5.41, 5.74) is 0.853. The average molecular weight is 279 g/mol. The molecule has 1 fully saturated rings. The van der Waals surface area contributed by atoms with Crippen LogP contribution >= 0.6 is 0 Å². The van der Waals surface area contributed by atoms with Gasteiger partial charge in [-0.05, 0) is 43.0 Å². The number of rotatable bonds is 6. The van der Waals surface area contributed by atoms with Crippen molar-refractivity contribution in [3.05, 3.63) is 23.8 Å². The van der Waals surface area contributed by atoms with E-state index in [1.165, 1.54) is 0 Å². The Balaban J connectivity index is 1.43. The van der Waals surface area contributed by atoms with Gasteiger partial charge >= 0.3 is 0 Å². The molecular weight excluding hydrogens is 258 g/mol. The van der Waals surface area contributed by atoms with Crippen molar-refractivity contribution in [1.29, 1.82) is 0 Å². The van der Waals surface area contributed by atoms with Crippen molar-refractivity contribution < 1.29 is 19.3 Å². The van der Waals surface area contributed by atoms with Gasteiger partial charge in [-0.15, -0.1) is 0 Å². The third-order valence-electron chi connectivity index (χ3n) is 3.87. The summed E-state index contributed by atoms with van der Waals surface area (Å²) in [7, 11) is 0. The molecule has 1 aromatic carbocycles. The van der Waals surface area contributed by atoms with Crippen molar-refractivity contribution in [3.8, 4) is 11.5 Å². The topological polar surface area (TPSA) is 60.0 Å². The smallest absolute Gasteiger partial charge is 0.231 e. The predicted octanol–water partition coefficient (Wildman–Crippen LogP) is 1.46. The maximum absolute atomic E-state index is 10.2. The van der Waals surface area contributed by atoms with E-state index in [4.69, 9.17) is 14.2 Å². The Morgan fingerprint density at radius 3 is 3.05 bits per heavy atom. The minimum absolute atomic E-state index is 0.261. The molecular formula is C15H21NO4. The van der Waals surface area contributed by atoms with Gasteiger partial charge in [0.15, 0.2) is 11.5 Å². The first-order valence-corrected chi connectivity index (χ1v) is 7.19. The summed E-state index contributed by atoms with van der Waals surface area (Å²) < 4.78 is 15.9. The second kappa shape index (κ2) is 6.43. The number of benzene rings is 1. The number of nitrogens with one attached hydrogen (secondary N) is 1. The Labute approximate surface area is 118 Å².